The highest BCUT2D eigenvalue weighted by molar-refractivity contribution is 4.58. The van der Waals surface area contributed by atoms with Crippen LogP contribution in [0.25, 0.3) is 0 Å². The van der Waals surface area contributed by atoms with Gasteiger partial charge in [-0.2, -0.15) is 0 Å². The Kier molecular flexibility index (Phi) is 7.29. The summed E-state index contributed by atoms with van der Waals surface area (Å²) in [7, 11) is 2.13. The maximum Gasteiger partial charge on any atom is 0.0549 e. The number of hydrogen-bond donors (Lipinski definition) is 1. The summed E-state index contributed by atoms with van der Waals surface area (Å²) >= 11 is 0. The standard InChI is InChI=1S/C11H25NO/c1-5-11(13)7-9-12(4)8-6-10(2)3/h10-11,13H,5-9H2,1-4H3. The monoisotopic (exact) mass is 187 g/mol. The largest absolute Gasteiger partial charge is 0.393 e. The van der Waals surface area contributed by atoms with Crippen LogP contribution in [0.4, 0.5) is 0 Å². The molecule has 0 aromatic carbocycles. The Balaban J connectivity index is 3.34. The van der Waals surface area contributed by atoms with Crippen molar-refractivity contribution in [3.63, 3.8) is 0 Å². The first-order chi connectivity index (χ1) is 6.06. The van der Waals surface area contributed by atoms with Crippen LogP contribution in [0.15, 0.2) is 0 Å². The number of rotatable bonds is 7. The fraction of sp³-hybridized carbons (Fsp3) is 1.00. The van der Waals surface area contributed by atoms with Crippen molar-refractivity contribution in [1.29, 1.82) is 0 Å². The molecule has 2 nitrogen and oxygen atoms in total. The molecule has 0 aliphatic heterocycles. The third-order valence-corrected chi connectivity index (χ3v) is 2.40. The molecular formula is C11H25NO. The SMILES string of the molecule is CCC(O)CCN(C)CCC(C)C. The van der Waals surface area contributed by atoms with Gasteiger partial charge in [0.2, 0.25) is 0 Å². The lowest BCUT2D eigenvalue weighted by molar-refractivity contribution is 0.142. The second kappa shape index (κ2) is 7.34. The minimum atomic E-state index is -0.110. The van der Waals surface area contributed by atoms with Crippen molar-refractivity contribution in [2.45, 2.75) is 46.1 Å². The van der Waals surface area contributed by atoms with Gasteiger partial charge in [-0.1, -0.05) is 20.8 Å². The highest BCUT2D eigenvalue weighted by Crippen LogP contribution is 2.03. The van der Waals surface area contributed by atoms with E-state index in [2.05, 4.69) is 25.8 Å². The van der Waals surface area contributed by atoms with Crippen LogP contribution in [0, 0.1) is 5.92 Å². The van der Waals surface area contributed by atoms with Crippen LogP contribution in [0.3, 0.4) is 0 Å². The Morgan fingerprint density at radius 1 is 1.15 bits per heavy atom. The van der Waals surface area contributed by atoms with E-state index in [9.17, 15) is 5.11 Å². The smallest absolute Gasteiger partial charge is 0.0549 e. The van der Waals surface area contributed by atoms with Gasteiger partial charge in [0.1, 0.15) is 0 Å². The van der Waals surface area contributed by atoms with Crippen molar-refractivity contribution in [2.75, 3.05) is 20.1 Å². The highest BCUT2D eigenvalue weighted by atomic mass is 16.3. The Hall–Kier alpha value is -0.0800. The molecule has 2 heteroatoms. The van der Waals surface area contributed by atoms with Crippen LogP contribution in [-0.2, 0) is 0 Å². The summed E-state index contributed by atoms with van der Waals surface area (Å²) in [5.74, 6) is 0.776. The molecule has 0 fully saturated rings. The fourth-order valence-electron chi connectivity index (χ4n) is 1.16. The molecule has 0 amide bonds. The van der Waals surface area contributed by atoms with E-state index in [0.29, 0.717) is 0 Å². The molecule has 0 heterocycles. The summed E-state index contributed by atoms with van der Waals surface area (Å²) in [5.41, 5.74) is 0. The summed E-state index contributed by atoms with van der Waals surface area (Å²) in [6.07, 6.45) is 2.92. The average Bonchev–Trinajstić information content (AvgIpc) is 2.10. The number of hydrogen-bond acceptors (Lipinski definition) is 2. The molecule has 1 atom stereocenters. The lowest BCUT2D eigenvalue weighted by Gasteiger charge is -2.19. The van der Waals surface area contributed by atoms with Crippen LogP contribution < -0.4 is 0 Å². The van der Waals surface area contributed by atoms with E-state index in [0.717, 1.165) is 31.8 Å². The molecule has 0 saturated carbocycles. The summed E-state index contributed by atoms with van der Waals surface area (Å²) < 4.78 is 0. The van der Waals surface area contributed by atoms with E-state index in [1.165, 1.54) is 6.42 Å². The van der Waals surface area contributed by atoms with Crippen LogP contribution >= 0.6 is 0 Å². The Labute approximate surface area is 82.9 Å². The maximum atomic E-state index is 9.36. The molecule has 0 spiro atoms. The van der Waals surface area contributed by atoms with Crippen LogP contribution in [0.1, 0.15) is 40.0 Å². The first-order valence-corrected chi connectivity index (χ1v) is 5.42. The van der Waals surface area contributed by atoms with Crippen molar-refractivity contribution >= 4 is 0 Å². The van der Waals surface area contributed by atoms with Gasteiger partial charge in [0.15, 0.2) is 0 Å². The summed E-state index contributed by atoms with van der Waals surface area (Å²) in [5, 5.41) is 9.36. The maximum absolute atomic E-state index is 9.36. The molecule has 0 aliphatic carbocycles. The third-order valence-electron chi connectivity index (χ3n) is 2.40. The third kappa shape index (κ3) is 8.26. The molecule has 0 radical (unpaired) electrons. The Morgan fingerprint density at radius 2 is 1.69 bits per heavy atom. The van der Waals surface area contributed by atoms with Crippen molar-refractivity contribution in [3.05, 3.63) is 0 Å². The molecule has 13 heavy (non-hydrogen) atoms. The molecule has 0 aliphatic rings. The molecule has 0 saturated heterocycles. The zero-order chi connectivity index (χ0) is 10.3. The number of aliphatic hydroxyl groups excluding tert-OH is 1. The number of aliphatic hydroxyl groups is 1. The lowest BCUT2D eigenvalue weighted by atomic mass is 10.1. The van der Waals surface area contributed by atoms with Gasteiger partial charge in [0.25, 0.3) is 0 Å². The molecule has 0 bridgehead atoms. The van der Waals surface area contributed by atoms with Gasteiger partial charge < -0.3 is 10.0 Å². The highest BCUT2D eigenvalue weighted by Gasteiger charge is 2.04. The van der Waals surface area contributed by atoms with Crippen molar-refractivity contribution in [2.24, 2.45) is 5.92 Å². The first kappa shape index (κ1) is 12.9. The van der Waals surface area contributed by atoms with E-state index >= 15 is 0 Å². The molecule has 1 unspecified atom stereocenters. The predicted molar refractivity (Wildman–Crippen MR) is 57.9 cm³/mol. The van der Waals surface area contributed by atoms with Crippen molar-refractivity contribution in [1.82, 2.24) is 4.90 Å². The molecular weight excluding hydrogens is 162 g/mol. The molecule has 0 aromatic rings. The Bertz CT molecular complexity index is 115. The molecule has 0 aromatic heterocycles. The van der Waals surface area contributed by atoms with Crippen molar-refractivity contribution in [3.8, 4) is 0 Å². The average molecular weight is 187 g/mol. The van der Waals surface area contributed by atoms with Gasteiger partial charge in [-0.3, -0.25) is 0 Å². The van der Waals surface area contributed by atoms with Gasteiger partial charge in [0.05, 0.1) is 6.10 Å². The first-order valence-electron chi connectivity index (χ1n) is 5.42. The normalized spacial score (nSPS) is 14.1. The van der Waals surface area contributed by atoms with E-state index in [4.69, 9.17) is 0 Å². The second-order valence-electron chi connectivity index (χ2n) is 4.34. The second-order valence-corrected chi connectivity index (χ2v) is 4.34. The van der Waals surface area contributed by atoms with Gasteiger partial charge in [0, 0.05) is 6.54 Å². The quantitative estimate of drug-likeness (QED) is 0.660. The zero-order valence-corrected chi connectivity index (χ0v) is 9.58. The zero-order valence-electron chi connectivity index (χ0n) is 9.58. The number of nitrogens with zero attached hydrogens (tertiary/aromatic N) is 1. The lowest BCUT2D eigenvalue weighted by Crippen LogP contribution is -2.25. The van der Waals surface area contributed by atoms with E-state index < -0.39 is 0 Å². The molecule has 0 rings (SSSR count). The van der Waals surface area contributed by atoms with Crippen LogP contribution in [0.5, 0.6) is 0 Å². The van der Waals surface area contributed by atoms with Gasteiger partial charge in [-0.25, -0.2) is 0 Å². The van der Waals surface area contributed by atoms with Gasteiger partial charge in [-0.15, -0.1) is 0 Å². The Morgan fingerprint density at radius 3 is 2.15 bits per heavy atom. The topological polar surface area (TPSA) is 23.5 Å². The summed E-state index contributed by atoms with van der Waals surface area (Å²) in [6.45, 7) is 8.68. The van der Waals surface area contributed by atoms with Gasteiger partial charge >= 0.3 is 0 Å². The van der Waals surface area contributed by atoms with E-state index in [1.807, 2.05) is 6.92 Å². The summed E-state index contributed by atoms with van der Waals surface area (Å²) in [4.78, 5) is 2.30. The van der Waals surface area contributed by atoms with Crippen LogP contribution in [0.2, 0.25) is 0 Å². The van der Waals surface area contributed by atoms with E-state index in [1.54, 1.807) is 0 Å². The summed E-state index contributed by atoms with van der Waals surface area (Å²) in [6, 6.07) is 0. The molecule has 80 valence electrons. The van der Waals surface area contributed by atoms with E-state index in [-0.39, 0.29) is 6.10 Å². The van der Waals surface area contributed by atoms with Crippen LogP contribution in [-0.4, -0.2) is 36.2 Å². The fourth-order valence-corrected chi connectivity index (χ4v) is 1.16. The minimum absolute atomic E-state index is 0.110. The minimum Gasteiger partial charge on any atom is -0.393 e. The molecule has 1 N–H and O–H groups in total. The van der Waals surface area contributed by atoms with Gasteiger partial charge in [-0.05, 0) is 38.8 Å². The van der Waals surface area contributed by atoms with Crippen molar-refractivity contribution < 1.29 is 5.11 Å². The predicted octanol–water partition coefficient (Wildman–Crippen LogP) is 2.13.